The van der Waals surface area contributed by atoms with Crippen LogP contribution in [0, 0.1) is 13.8 Å². The van der Waals surface area contributed by atoms with Crippen molar-refractivity contribution in [1.82, 2.24) is 9.55 Å². The molecular formula is C23H26ClN3O3S2. The lowest BCUT2D eigenvalue weighted by atomic mass is 10.1. The average molecular weight is 492 g/mol. The monoisotopic (exact) mass is 491 g/mol. The van der Waals surface area contributed by atoms with Crippen molar-refractivity contribution in [2.45, 2.75) is 57.8 Å². The lowest BCUT2D eigenvalue weighted by Crippen LogP contribution is -2.29. The molecule has 3 aromatic rings. The van der Waals surface area contributed by atoms with E-state index in [1.165, 1.54) is 23.1 Å². The van der Waals surface area contributed by atoms with Gasteiger partial charge in [-0.25, -0.2) is 4.98 Å². The van der Waals surface area contributed by atoms with E-state index in [0.717, 1.165) is 46.7 Å². The number of amides is 1. The van der Waals surface area contributed by atoms with E-state index < -0.39 is 0 Å². The van der Waals surface area contributed by atoms with Crippen molar-refractivity contribution in [1.29, 1.82) is 0 Å². The van der Waals surface area contributed by atoms with E-state index in [1.807, 2.05) is 19.9 Å². The third-order valence-electron chi connectivity index (χ3n) is 5.65. The smallest absolute Gasteiger partial charge is 0.263 e. The van der Waals surface area contributed by atoms with Gasteiger partial charge in [-0.1, -0.05) is 36.4 Å². The molecule has 4 rings (SSSR count). The van der Waals surface area contributed by atoms with Gasteiger partial charge in [0.05, 0.1) is 23.8 Å². The molecule has 9 heteroatoms. The van der Waals surface area contributed by atoms with Gasteiger partial charge in [-0.2, -0.15) is 0 Å². The lowest BCUT2D eigenvalue weighted by Gasteiger charge is -2.16. The Hall–Kier alpha value is -1.87. The minimum atomic E-state index is -0.171. The highest BCUT2D eigenvalue weighted by atomic mass is 35.5. The molecule has 6 nitrogen and oxygen atoms in total. The standard InChI is InChI=1S/C23H26ClN3O3S2/c1-4-17-14(3)32-21-20(17)22(29)27(11-16-6-5-9-30-16)23(26-21)31-12-19(28)25-18-10-15(24)8-7-13(18)2/h7-8,10,16H,4-6,9,11-12H2,1-3H3,(H,25,28). The summed E-state index contributed by atoms with van der Waals surface area (Å²) in [5.74, 6) is -0.0320. The van der Waals surface area contributed by atoms with Crippen molar-refractivity contribution in [2.24, 2.45) is 0 Å². The molecule has 0 radical (unpaired) electrons. The third-order valence-corrected chi connectivity index (χ3v) is 7.90. The van der Waals surface area contributed by atoms with Crippen LogP contribution in [0.25, 0.3) is 10.2 Å². The zero-order chi connectivity index (χ0) is 22.8. The van der Waals surface area contributed by atoms with E-state index in [2.05, 4.69) is 12.2 Å². The van der Waals surface area contributed by atoms with Crippen molar-refractivity contribution in [3.8, 4) is 0 Å². The first-order valence-electron chi connectivity index (χ1n) is 10.7. The summed E-state index contributed by atoms with van der Waals surface area (Å²) in [6.07, 6.45) is 2.71. The molecule has 1 N–H and O–H groups in total. The molecule has 0 spiro atoms. The van der Waals surface area contributed by atoms with Gasteiger partial charge in [0.15, 0.2) is 5.16 Å². The van der Waals surface area contributed by atoms with E-state index in [4.69, 9.17) is 21.3 Å². The fraction of sp³-hybridized carbons (Fsp3) is 0.435. The van der Waals surface area contributed by atoms with Crippen molar-refractivity contribution in [3.63, 3.8) is 0 Å². The number of carbonyl (C=O) groups is 1. The number of aromatic nitrogens is 2. The van der Waals surface area contributed by atoms with Crippen LogP contribution in [0.4, 0.5) is 5.69 Å². The van der Waals surface area contributed by atoms with Crippen molar-refractivity contribution < 1.29 is 9.53 Å². The maximum Gasteiger partial charge on any atom is 0.263 e. The number of aryl methyl sites for hydroxylation is 3. The molecule has 1 amide bonds. The van der Waals surface area contributed by atoms with Crippen LogP contribution in [-0.4, -0.2) is 33.9 Å². The fourth-order valence-corrected chi connectivity index (χ4v) is 6.10. The van der Waals surface area contributed by atoms with Crippen LogP contribution in [0.15, 0.2) is 28.2 Å². The molecule has 1 fully saturated rings. The number of nitrogens with one attached hydrogen (secondary N) is 1. The molecule has 0 bridgehead atoms. The largest absolute Gasteiger partial charge is 0.376 e. The Bertz CT molecular complexity index is 1220. The van der Waals surface area contributed by atoms with Crippen LogP contribution in [0.3, 0.4) is 0 Å². The first-order chi connectivity index (χ1) is 15.4. The van der Waals surface area contributed by atoms with Gasteiger partial charge in [0.1, 0.15) is 4.83 Å². The van der Waals surface area contributed by atoms with Gasteiger partial charge in [-0.15, -0.1) is 11.3 Å². The van der Waals surface area contributed by atoms with E-state index >= 15 is 0 Å². The van der Waals surface area contributed by atoms with Crippen LogP contribution in [0.2, 0.25) is 5.02 Å². The third kappa shape index (κ3) is 4.88. The van der Waals surface area contributed by atoms with Crippen LogP contribution < -0.4 is 10.9 Å². The Morgan fingerprint density at radius 1 is 1.41 bits per heavy atom. The number of carbonyl (C=O) groups excluding carboxylic acids is 1. The highest BCUT2D eigenvalue weighted by molar-refractivity contribution is 7.99. The summed E-state index contributed by atoms with van der Waals surface area (Å²) in [4.78, 5) is 32.8. The van der Waals surface area contributed by atoms with Gasteiger partial charge in [-0.05, 0) is 56.4 Å². The first-order valence-corrected chi connectivity index (χ1v) is 12.9. The van der Waals surface area contributed by atoms with Crippen LogP contribution in [0.1, 0.15) is 35.8 Å². The van der Waals surface area contributed by atoms with E-state index in [-0.39, 0.29) is 23.3 Å². The number of fused-ring (bicyclic) bond motifs is 1. The first kappa shape index (κ1) is 23.3. The Kier molecular flexibility index (Phi) is 7.24. The molecule has 3 heterocycles. The quantitative estimate of drug-likeness (QED) is 0.363. The fourth-order valence-electron chi connectivity index (χ4n) is 3.97. The maximum absolute atomic E-state index is 13.5. The summed E-state index contributed by atoms with van der Waals surface area (Å²) in [5, 5.41) is 4.73. The Morgan fingerprint density at radius 2 is 2.22 bits per heavy atom. The van der Waals surface area contributed by atoms with Gasteiger partial charge in [0, 0.05) is 22.2 Å². The summed E-state index contributed by atoms with van der Waals surface area (Å²) in [6, 6.07) is 5.39. The molecular weight excluding hydrogens is 466 g/mol. The number of anilines is 1. The highest BCUT2D eigenvalue weighted by Crippen LogP contribution is 2.30. The molecule has 0 saturated carbocycles. The summed E-state index contributed by atoms with van der Waals surface area (Å²) < 4.78 is 7.48. The number of nitrogens with zero attached hydrogens (tertiary/aromatic N) is 2. The zero-order valence-electron chi connectivity index (χ0n) is 18.4. The number of thioether (sulfide) groups is 1. The number of hydrogen-bond donors (Lipinski definition) is 1. The molecule has 0 aliphatic carbocycles. The molecule has 1 aliphatic heterocycles. The lowest BCUT2D eigenvalue weighted by molar-refractivity contribution is -0.113. The molecule has 2 aromatic heterocycles. The number of thiophene rings is 1. The second kappa shape index (κ2) is 9.95. The van der Waals surface area contributed by atoms with E-state index in [0.29, 0.717) is 27.8 Å². The Balaban J connectivity index is 1.62. The molecule has 1 aliphatic rings. The van der Waals surface area contributed by atoms with Gasteiger partial charge in [0.25, 0.3) is 5.56 Å². The van der Waals surface area contributed by atoms with Crippen LogP contribution in [0.5, 0.6) is 0 Å². The zero-order valence-corrected chi connectivity index (χ0v) is 20.8. The predicted molar refractivity (Wildman–Crippen MR) is 133 cm³/mol. The minimum Gasteiger partial charge on any atom is -0.376 e. The topological polar surface area (TPSA) is 73.2 Å². The SMILES string of the molecule is CCc1c(C)sc2nc(SCC(=O)Nc3cc(Cl)ccc3C)n(CC3CCCO3)c(=O)c12. The summed E-state index contributed by atoms with van der Waals surface area (Å²) in [5.41, 5.74) is 2.64. The van der Waals surface area contributed by atoms with Crippen molar-refractivity contribution in [3.05, 3.63) is 49.6 Å². The Morgan fingerprint density at radius 3 is 2.94 bits per heavy atom. The molecule has 1 saturated heterocycles. The summed E-state index contributed by atoms with van der Waals surface area (Å²) >= 11 is 8.88. The second-order valence-corrected chi connectivity index (χ2v) is 10.5. The van der Waals surface area contributed by atoms with Gasteiger partial charge >= 0.3 is 0 Å². The molecule has 32 heavy (non-hydrogen) atoms. The van der Waals surface area contributed by atoms with Gasteiger partial charge < -0.3 is 10.1 Å². The van der Waals surface area contributed by atoms with E-state index in [9.17, 15) is 9.59 Å². The molecule has 1 unspecified atom stereocenters. The van der Waals surface area contributed by atoms with Gasteiger partial charge in [0.2, 0.25) is 5.91 Å². The number of benzene rings is 1. The maximum atomic E-state index is 13.5. The normalized spacial score (nSPS) is 16.1. The number of hydrogen-bond acceptors (Lipinski definition) is 6. The second-order valence-electron chi connectivity index (χ2n) is 7.91. The summed E-state index contributed by atoms with van der Waals surface area (Å²) in [7, 11) is 0. The highest BCUT2D eigenvalue weighted by Gasteiger charge is 2.23. The van der Waals surface area contributed by atoms with E-state index in [1.54, 1.807) is 16.7 Å². The van der Waals surface area contributed by atoms with Crippen LogP contribution >= 0.6 is 34.7 Å². The Labute approximate surface area is 200 Å². The number of ether oxygens (including phenoxy) is 1. The minimum absolute atomic E-state index is 0.000883. The average Bonchev–Trinajstić information content (AvgIpc) is 3.38. The molecule has 1 aromatic carbocycles. The summed E-state index contributed by atoms with van der Waals surface area (Å²) in [6.45, 7) is 7.18. The number of rotatable bonds is 7. The number of halogens is 1. The van der Waals surface area contributed by atoms with Gasteiger partial charge in [-0.3, -0.25) is 14.2 Å². The molecule has 170 valence electrons. The van der Waals surface area contributed by atoms with Crippen LogP contribution in [-0.2, 0) is 22.5 Å². The van der Waals surface area contributed by atoms with Crippen molar-refractivity contribution in [2.75, 3.05) is 17.7 Å². The predicted octanol–water partition coefficient (Wildman–Crippen LogP) is 5.20. The molecule has 1 atom stereocenters. The van der Waals surface area contributed by atoms with Crippen molar-refractivity contribution >= 4 is 56.5 Å².